The van der Waals surface area contributed by atoms with Crippen molar-refractivity contribution >= 4 is 69.1 Å². The quantitative estimate of drug-likeness (QED) is 0.0107. The number of Topliss-reactive ketones (excluding diaryl/α,β-unsaturated/α-hetero) is 3. The molecule has 34 nitrogen and oxygen atoms in total. The molecule has 1 aromatic carbocycles. The number of aromatic nitrogens is 8. The van der Waals surface area contributed by atoms with Crippen molar-refractivity contribution in [3.8, 4) is 11.3 Å². The van der Waals surface area contributed by atoms with E-state index in [-0.39, 0.29) is 92.5 Å². The number of amides is 2. The first-order valence-electron chi connectivity index (χ1n) is 42.8. The molecule has 34 heteroatoms. The number of aliphatic hydroxyl groups is 2. The molecule has 4 aromatic heterocycles. The molecule has 3 aliphatic heterocycles. The molecule has 0 spiro atoms. The smallest absolute Gasteiger partial charge is 0.329 e. The number of aliphatic hydroxyl groups excluding tert-OH is 1. The summed E-state index contributed by atoms with van der Waals surface area (Å²) in [6, 6.07) is 4.39. The molecule has 670 valence electrons. The number of hydrogen-bond donors (Lipinski definition) is 5. The van der Waals surface area contributed by atoms with Gasteiger partial charge in [-0.2, -0.15) is 10.1 Å². The Morgan fingerprint density at radius 3 is 2.17 bits per heavy atom. The van der Waals surface area contributed by atoms with E-state index in [9.17, 15) is 39.0 Å². The first-order valence-corrected chi connectivity index (χ1v) is 42.8. The molecule has 1 saturated carbocycles. The highest BCUT2D eigenvalue weighted by Crippen LogP contribution is 2.39. The van der Waals surface area contributed by atoms with Crippen LogP contribution in [0.5, 0.6) is 0 Å². The van der Waals surface area contributed by atoms with Gasteiger partial charge in [0.25, 0.3) is 17.7 Å². The van der Waals surface area contributed by atoms with E-state index in [2.05, 4.69) is 30.6 Å². The number of fused-ring (bicyclic) bond motifs is 5. The highest BCUT2D eigenvalue weighted by Gasteiger charge is 2.53. The van der Waals surface area contributed by atoms with Crippen LogP contribution in [0.1, 0.15) is 150 Å². The number of hydrogen-bond acceptors (Lipinski definition) is 30. The normalized spacial score (nSPS) is 27.3. The topological polar surface area (TPSA) is 431 Å². The third-order valence-electron chi connectivity index (χ3n) is 23.0. The van der Waals surface area contributed by atoms with E-state index in [4.69, 9.17) is 82.6 Å². The van der Waals surface area contributed by atoms with Gasteiger partial charge in [-0.3, -0.25) is 24.0 Å². The van der Waals surface area contributed by atoms with Gasteiger partial charge in [-0.15, -0.1) is 5.10 Å². The van der Waals surface area contributed by atoms with Crippen molar-refractivity contribution in [1.29, 1.82) is 0 Å². The second-order valence-electron chi connectivity index (χ2n) is 32.2. The summed E-state index contributed by atoms with van der Waals surface area (Å²) < 4.78 is 85.2. The number of piperidine rings is 1. The number of methoxy groups -OCH3 is 3. The predicted molar refractivity (Wildman–Crippen MR) is 447 cm³/mol. The summed E-state index contributed by atoms with van der Waals surface area (Å²) >= 11 is 0. The summed E-state index contributed by atoms with van der Waals surface area (Å²) in [7, 11) is 4.61. The highest BCUT2D eigenvalue weighted by atomic mass is 16.6. The van der Waals surface area contributed by atoms with Gasteiger partial charge >= 0.3 is 5.97 Å². The van der Waals surface area contributed by atoms with Crippen molar-refractivity contribution in [2.75, 3.05) is 138 Å². The van der Waals surface area contributed by atoms with Gasteiger partial charge in [-0.1, -0.05) is 76.3 Å². The molecule has 1 aliphatic carbocycles. The van der Waals surface area contributed by atoms with Crippen LogP contribution in [-0.4, -0.2) is 271 Å². The number of unbranched alkanes of at least 4 members (excludes halogenated alkanes) is 1. The Balaban J connectivity index is 0.619. The van der Waals surface area contributed by atoms with Crippen LogP contribution in [0, 0.1) is 35.5 Å². The minimum atomic E-state index is -2.47. The lowest BCUT2D eigenvalue weighted by molar-refractivity contribution is -0.265. The summed E-state index contributed by atoms with van der Waals surface area (Å²) in [5, 5.41) is 40.7. The maximum Gasteiger partial charge on any atom is 0.329 e. The predicted octanol–water partition coefficient (Wildman–Crippen LogP) is 8.21. The van der Waals surface area contributed by atoms with Crippen molar-refractivity contribution in [3.63, 3.8) is 0 Å². The van der Waals surface area contributed by atoms with Crippen molar-refractivity contribution in [2.45, 2.75) is 219 Å². The third kappa shape index (κ3) is 29.2. The minimum absolute atomic E-state index is 0.00892. The number of benzene rings is 1. The number of esters is 1. The summed E-state index contributed by atoms with van der Waals surface area (Å²) in [5.41, 5.74) is 17.1. The molecule has 2 saturated heterocycles. The maximum absolute atomic E-state index is 14.8. The molecule has 2 bridgehead atoms. The Hall–Kier alpha value is -8.20. The number of rotatable bonds is 39. The largest absolute Gasteiger partial charge is 0.460 e. The minimum Gasteiger partial charge on any atom is -0.460 e. The van der Waals surface area contributed by atoms with Gasteiger partial charge in [0.05, 0.1) is 142 Å². The number of nitrogens with one attached hydrogen (secondary N) is 1. The van der Waals surface area contributed by atoms with Gasteiger partial charge in [-0.05, 0) is 138 Å². The molecule has 0 radical (unpaired) electrons. The zero-order chi connectivity index (χ0) is 86.8. The van der Waals surface area contributed by atoms with E-state index >= 15 is 0 Å². The third-order valence-corrected chi connectivity index (χ3v) is 23.0. The summed E-state index contributed by atoms with van der Waals surface area (Å²) in [5.74, 6) is -8.08. The van der Waals surface area contributed by atoms with Gasteiger partial charge in [0.2, 0.25) is 11.7 Å². The Labute approximate surface area is 709 Å². The van der Waals surface area contributed by atoms with Crippen LogP contribution < -0.4 is 16.8 Å². The maximum atomic E-state index is 14.8. The summed E-state index contributed by atoms with van der Waals surface area (Å²) in [4.78, 5) is 98.7. The van der Waals surface area contributed by atoms with Gasteiger partial charge in [0.1, 0.15) is 59.2 Å². The highest BCUT2D eigenvalue weighted by molar-refractivity contribution is 6.39. The Morgan fingerprint density at radius 2 is 1.46 bits per heavy atom. The number of ether oxygens (including phenoxy) is 13. The van der Waals surface area contributed by atoms with Crippen LogP contribution in [0.25, 0.3) is 33.4 Å². The van der Waals surface area contributed by atoms with Crippen molar-refractivity contribution in [2.24, 2.45) is 35.5 Å². The molecule has 7 heterocycles. The summed E-state index contributed by atoms with van der Waals surface area (Å²) in [6.45, 7) is 19.8. The SMILES string of the molecule is COC1C[C@@H]2CC[C@@H](C)[C@@](O)(O2)C(=O)C(=O)N2CCCC[C@H]2C(=O)O[C@H]([C@H](C)C[C@@H]2CC[C@@H](OCCOCc3cn(CCOCCOCCOCCOCCOCCOCCC(=O)NCCCCn4nc(-c5ccc6oc(N)nc6c5)c5c(N)ncnc54)nn3)[C@H](OC)C2)CC(=O)[C@H](C)/C=C(\C)[C@@H](O)[C@@H](OC)C(=O)[C@H](C)C[C@H](C)/C=C/C=C/C=C/1C. The lowest BCUT2D eigenvalue weighted by Gasteiger charge is -2.42. The van der Waals surface area contributed by atoms with Gasteiger partial charge in [-0.25, -0.2) is 24.1 Å². The van der Waals surface area contributed by atoms with E-state index in [1.165, 1.54) is 18.3 Å². The molecule has 5 aromatic rings. The Kier molecular flexibility index (Phi) is 39.9. The number of ketones is 3. The second-order valence-corrected chi connectivity index (χ2v) is 32.2. The van der Waals surface area contributed by atoms with Crippen LogP contribution in [-0.2, 0) is 110 Å². The Morgan fingerprint density at radius 1 is 0.752 bits per heavy atom. The molecule has 2 amide bonds. The molecule has 3 fully saturated rings. The zero-order valence-electron chi connectivity index (χ0n) is 72.2. The number of oxazole rings is 1. The average Bonchev–Trinajstić information content (AvgIpc) is 1.75. The van der Waals surface area contributed by atoms with E-state index in [1.54, 1.807) is 56.5 Å². The lowest BCUT2D eigenvalue weighted by atomic mass is 9.78. The van der Waals surface area contributed by atoms with Crippen LogP contribution >= 0.6 is 0 Å². The molecule has 121 heavy (non-hydrogen) atoms. The van der Waals surface area contributed by atoms with E-state index < -0.39 is 77.8 Å². The number of nitrogen functional groups attached to an aromatic ring is 2. The van der Waals surface area contributed by atoms with Gasteiger partial charge in [0, 0.05) is 83.5 Å². The first kappa shape index (κ1) is 96.6. The number of carbonyl (C=O) groups excluding carboxylic acids is 6. The standard InChI is InChI=1S/C87H130N12O22/c1-56-18-12-11-13-19-57(2)72(108-8)51-66-24-21-62(7)87(107,121-66)81(104)84(105)98-29-16-14-20-68(98)85(106)119-73(52-69(100)58(3)47-61(6)79(103)80(110-10)78(102)60(5)46-56)59(4)48-63-22-25-71(74(49-63)109-9)118-45-44-117-54-65-53-97(96-94-65)31-33-112-35-37-114-39-41-116-43-42-115-40-38-113-36-34-111-32-27-75(101)90-28-15-17-30-99-83-76(82(88)91-55-92-83)77(95-99)64-23-26-70-67(50-64)93-86(89)120-70/h11-13,18-19,23,26,47,50,53,55-56,58-60,62-63,66,68,71-74,79-80,103,107H,14-17,20-22,24-25,27-46,48-49,51-52,54H2,1-10H3,(H2,89,93)(H,90,101)(H2,88,91,92)/b13-11+,18-12+,57-19+,61-47+/t56-,58-,59-,60-,62-,63+,66+,68+,71-,72?,73+,74-,79-,80+,87-/m1/s1. The molecule has 1 unspecified atom stereocenters. The van der Waals surface area contributed by atoms with Crippen molar-refractivity contribution in [1.82, 2.24) is 49.9 Å². The number of carbonyl (C=O) groups is 6. The Bertz CT molecular complexity index is 4200. The fourth-order valence-corrected chi connectivity index (χ4v) is 15.9. The zero-order valence-corrected chi connectivity index (χ0v) is 72.2. The van der Waals surface area contributed by atoms with Crippen LogP contribution in [0.2, 0.25) is 0 Å². The number of cyclic esters (lactones) is 1. The first-order chi connectivity index (χ1) is 58.4. The number of anilines is 2. The van der Waals surface area contributed by atoms with Crippen molar-refractivity contribution in [3.05, 3.63) is 84.0 Å². The average molecular weight is 1700 g/mol. The molecular weight excluding hydrogens is 1570 g/mol. The van der Waals surface area contributed by atoms with E-state index in [0.717, 1.165) is 30.4 Å². The summed E-state index contributed by atoms with van der Waals surface area (Å²) in [6.07, 6.45) is 16.3. The fraction of sp³-hybridized carbons (Fsp3) is 0.678. The van der Waals surface area contributed by atoms with Crippen LogP contribution in [0.3, 0.4) is 0 Å². The lowest BCUT2D eigenvalue weighted by Crippen LogP contribution is -2.61. The van der Waals surface area contributed by atoms with E-state index in [1.807, 2.05) is 76.4 Å². The molecule has 15 atom stereocenters. The van der Waals surface area contributed by atoms with Gasteiger partial charge in [0.15, 0.2) is 17.0 Å². The van der Waals surface area contributed by atoms with Crippen molar-refractivity contribution < 1.29 is 105 Å². The number of nitrogens with two attached hydrogens (primary N) is 2. The van der Waals surface area contributed by atoms with Crippen LogP contribution in [0.15, 0.2) is 82.7 Å². The number of aryl methyl sites for hydroxylation is 1. The molecular formula is C87H130N12O22. The number of nitrogens with zero attached hydrogens (tertiary/aromatic N) is 9. The molecule has 4 aliphatic rings. The van der Waals surface area contributed by atoms with Crippen LogP contribution in [0.4, 0.5) is 11.8 Å². The monoisotopic (exact) mass is 1690 g/mol. The van der Waals surface area contributed by atoms with Gasteiger partial charge < -0.3 is 97.9 Å². The number of allylic oxidation sites excluding steroid dienone is 6. The molecule has 9 rings (SSSR count). The fourth-order valence-electron chi connectivity index (χ4n) is 15.9. The second kappa shape index (κ2) is 49.9. The van der Waals surface area contributed by atoms with E-state index in [0.29, 0.717) is 208 Å². The molecule has 7 N–H and O–H groups in total.